The Bertz CT molecular complexity index is 394. The lowest BCUT2D eigenvalue weighted by molar-refractivity contribution is 0.274. The number of aryl methyl sites for hydroxylation is 1. The Hall–Kier alpha value is -0.570. The molecule has 108 valence electrons. The average Bonchev–Trinajstić information content (AvgIpc) is 2.73. The lowest BCUT2D eigenvalue weighted by Crippen LogP contribution is -2.31. The number of nitrogens with zero attached hydrogens (tertiary/aromatic N) is 1. The summed E-state index contributed by atoms with van der Waals surface area (Å²) in [5, 5.41) is 0. The third-order valence-corrected chi connectivity index (χ3v) is 4.07. The second kappa shape index (κ2) is 7.28. The lowest BCUT2D eigenvalue weighted by atomic mass is 9.90. The van der Waals surface area contributed by atoms with E-state index < -0.39 is 0 Å². The van der Waals surface area contributed by atoms with Gasteiger partial charge in [0.1, 0.15) is 0 Å². The van der Waals surface area contributed by atoms with Gasteiger partial charge in [-0.1, -0.05) is 44.5 Å². The van der Waals surface area contributed by atoms with E-state index in [9.17, 15) is 0 Å². The van der Waals surface area contributed by atoms with E-state index in [4.69, 9.17) is 5.73 Å². The van der Waals surface area contributed by atoms with E-state index in [1.54, 1.807) is 0 Å². The monoisotopic (exact) mass is 282 g/mol. The van der Waals surface area contributed by atoms with Gasteiger partial charge in [-0.25, -0.2) is 0 Å². The van der Waals surface area contributed by atoms with Gasteiger partial charge in [0.05, 0.1) is 0 Å². The molecule has 0 bridgehead atoms. The smallest absolute Gasteiger partial charge is 0.0234 e. The van der Waals surface area contributed by atoms with Gasteiger partial charge in [0.2, 0.25) is 0 Å². The van der Waals surface area contributed by atoms with Crippen molar-refractivity contribution < 1.29 is 0 Å². The molecule has 1 atom stereocenters. The minimum Gasteiger partial charge on any atom is -0.330 e. The highest BCUT2D eigenvalue weighted by atomic mass is 35.5. The average molecular weight is 283 g/mol. The maximum atomic E-state index is 5.86. The molecule has 0 saturated carbocycles. The predicted molar refractivity (Wildman–Crippen MR) is 84.7 cm³/mol. The Morgan fingerprint density at radius 2 is 2.05 bits per heavy atom. The molecule has 1 fully saturated rings. The Morgan fingerprint density at radius 1 is 1.32 bits per heavy atom. The Kier molecular flexibility index (Phi) is 6.31. The first kappa shape index (κ1) is 16.5. The number of hydrogen-bond donors (Lipinski definition) is 1. The maximum absolute atomic E-state index is 5.86. The van der Waals surface area contributed by atoms with Crippen molar-refractivity contribution in [2.75, 3.05) is 19.6 Å². The normalized spacial score (nSPS) is 23.3. The molecule has 1 unspecified atom stereocenters. The molecule has 0 aliphatic carbocycles. The van der Waals surface area contributed by atoms with E-state index in [1.165, 1.54) is 36.9 Å². The molecule has 1 aliphatic heterocycles. The van der Waals surface area contributed by atoms with Gasteiger partial charge in [-0.3, -0.25) is 4.90 Å². The summed E-state index contributed by atoms with van der Waals surface area (Å²) in [6.45, 7) is 8.75. The lowest BCUT2D eigenvalue weighted by Gasteiger charge is -2.22. The maximum Gasteiger partial charge on any atom is 0.0234 e. The van der Waals surface area contributed by atoms with Crippen molar-refractivity contribution in [3.05, 3.63) is 35.4 Å². The summed E-state index contributed by atoms with van der Waals surface area (Å²) >= 11 is 0. The van der Waals surface area contributed by atoms with Crippen LogP contribution in [-0.4, -0.2) is 24.5 Å². The fourth-order valence-electron chi connectivity index (χ4n) is 2.86. The van der Waals surface area contributed by atoms with Gasteiger partial charge in [-0.15, -0.1) is 12.4 Å². The molecule has 1 aliphatic rings. The summed E-state index contributed by atoms with van der Waals surface area (Å²) in [6.07, 6.45) is 3.64. The molecular weight excluding hydrogens is 256 g/mol. The SMILES string of the molecule is CCCc1cccc(CN2CCC(C)(CN)C2)c1.Cl. The van der Waals surface area contributed by atoms with E-state index in [-0.39, 0.29) is 12.4 Å². The topological polar surface area (TPSA) is 29.3 Å². The standard InChI is InChI=1S/C16H26N2.ClH/c1-3-5-14-6-4-7-15(10-14)11-18-9-8-16(2,12-17)13-18;/h4,6-7,10H,3,5,8-9,11-13,17H2,1-2H3;1H. The minimum atomic E-state index is 0. The van der Waals surface area contributed by atoms with Gasteiger partial charge < -0.3 is 5.73 Å². The molecule has 0 radical (unpaired) electrons. The van der Waals surface area contributed by atoms with Gasteiger partial charge in [-0.2, -0.15) is 0 Å². The van der Waals surface area contributed by atoms with Crippen LogP contribution < -0.4 is 5.73 Å². The summed E-state index contributed by atoms with van der Waals surface area (Å²) in [7, 11) is 0. The fraction of sp³-hybridized carbons (Fsp3) is 0.625. The van der Waals surface area contributed by atoms with Gasteiger partial charge in [0.15, 0.2) is 0 Å². The van der Waals surface area contributed by atoms with E-state index in [2.05, 4.69) is 43.0 Å². The highest BCUT2D eigenvalue weighted by molar-refractivity contribution is 5.85. The predicted octanol–water partition coefficient (Wildman–Crippen LogP) is 3.23. The van der Waals surface area contributed by atoms with Crippen molar-refractivity contribution in [1.82, 2.24) is 4.90 Å². The Balaban J connectivity index is 0.00000180. The van der Waals surface area contributed by atoms with Crippen molar-refractivity contribution in [2.45, 2.75) is 39.7 Å². The number of likely N-dealkylation sites (tertiary alicyclic amines) is 1. The molecule has 1 aromatic rings. The number of nitrogens with two attached hydrogens (primary N) is 1. The second-order valence-electron chi connectivity index (χ2n) is 6.05. The van der Waals surface area contributed by atoms with Gasteiger partial charge in [0, 0.05) is 13.1 Å². The first-order chi connectivity index (χ1) is 8.65. The molecule has 0 spiro atoms. The second-order valence-corrected chi connectivity index (χ2v) is 6.05. The molecule has 1 aromatic carbocycles. The van der Waals surface area contributed by atoms with Crippen LogP contribution in [0, 0.1) is 5.41 Å². The molecule has 2 N–H and O–H groups in total. The van der Waals surface area contributed by atoms with E-state index in [1.807, 2.05) is 0 Å². The molecule has 0 amide bonds. The number of halogens is 1. The van der Waals surface area contributed by atoms with Crippen LogP contribution in [0.25, 0.3) is 0 Å². The van der Waals surface area contributed by atoms with E-state index >= 15 is 0 Å². The molecule has 19 heavy (non-hydrogen) atoms. The van der Waals surface area contributed by atoms with Gasteiger partial charge >= 0.3 is 0 Å². The quantitative estimate of drug-likeness (QED) is 0.898. The number of rotatable bonds is 5. The van der Waals surface area contributed by atoms with Crippen LogP contribution in [0.3, 0.4) is 0 Å². The van der Waals surface area contributed by atoms with Crippen LogP contribution in [0.2, 0.25) is 0 Å². The van der Waals surface area contributed by atoms with Crippen molar-refractivity contribution in [2.24, 2.45) is 11.1 Å². The first-order valence-corrected chi connectivity index (χ1v) is 7.15. The van der Waals surface area contributed by atoms with E-state index in [0.717, 1.165) is 19.6 Å². The van der Waals surface area contributed by atoms with Gasteiger partial charge in [-0.05, 0) is 42.5 Å². The summed E-state index contributed by atoms with van der Waals surface area (Å²) in [4.78, 5) is 2.54. The largest absolute Gasteiger partial charge is 0.330 e. The van der Waals surface area contributed by atoms with Crippen LogP contribution in [0.4, 0.5) is 0 Å². The van der Waals surface area contributed by atoms with Crippen molar-refractivity contribution >= 4 is 12.4 Å². The van der Waals surface area contributed by atoms with Crippen LogP contribution in [0.15, 0.2) is 24.3 Å². The highest BCUT2D eigenvalue weighted by Crippen LogP contribution is 2.29. The summed E-state index contributed by atoms with van der Waals surface area (Å²) in [6, 6.07) is 9.04. The Morgan fingerprint density at radius 3 is 2.68 bits per heavy atom. The zero-order chi connectivity index (χ0) is 13.0. The minimum absolute atomic E-state index is 0. The van der Waals surface area contributed by atoms with Crippen LogP contribution in [0.1, 0.15) is 37.8 Å². The van der Waals surface area contributed by atoms with Crippen molar-refractivity contribution in [3.63, 3.8) is 0 Å². The van der Waals surface area contributed by atoms with Gasteiger partial charge in [0.25, 0.3) is 0 Å². The molecule has 2 rings (SSSR count). The summed E-state index contributed by atoms with van der Waals surface area (Å²) < 4.78 is 0. The van der Waals surface area contributed by atoms with E-state index in [0.29, 0.717) is 5.41 Å². The van der Waals surface area contributed by atoms with Crippen LogP contribution in [-0.2, 0) is 13.0 Å². The van der Waals surface area contributed by atoms with Crippen LogP contribution in [0.5, 0.6) is 0 Å². The number of hydrogen-bond acceptors (Lipinski definition) is 2. The molecule has 0 aromatic heterocycles. The third-order valence-electron chi connectivity index (χ3n) is 4.07. The fourth-order valence-corrected chi connectivity index (χ4v) is 2.86. The van der Waals surface area contributed by atoms with Crippen LogP contribution >= 0.6 is 12.4 Å². The summed E-state index contributed by atoms with van der Waals surface area (Å²) in [5.74, 6) is 0. The highest BCUT2D eigenvalue weighted by Gasteiger charge is 2.32. The summed E-state index contributed by atoms with van der Waals surface area (Å²) in [5.41, 5.74) is 9.11. The molecule has 1 heterocycles. The molecule has 3 heteroatoms. The molecule has 2 nitrogen and oxygen atoms in total. The Labute approximate surface area is 123 Å². The molecule has 1 saturated heterocycles. The third kappa shape index (κ3) is 4.48. The zero-order valence-corrected chi connectivity index (χ0v) is 13.0. The molecular formula is C16H27ClN2. The van der Waals surface area contributed by atoms with Crippen molar-refractivity contribution in [1.29, 1.82) is 0 Å². The first-order valence-electron chi connectivity index (χ1n) is 7.15. The zero-order valence-electron chi connectivity index (χ0n) is 12.2. The number of benzene rings is 1. The van der Waals surface area contributed by atoms with Crippen molar-refractivity contribution in [3.8, 4) is 0 Å².